The maximum absolute atomic E-state index is 10.5. The van der Waals surface area contributed by atoms with Crippen LogP contribution in [0.1, 0.15) is 10.4 Å². The topological polar surface area (TPSA) is 94.5 Å². The van der Waals surface area contributed by atoms with E-state index >= 15 is 0 Å². The third-order valence-corrected chi connectivity index (χ3v) is 2.25. The average molecular weight is 224 g/mol. The van der Waals surface area contributed by atoms with Crippen molar-refractivity contribution in [1.29, 1.82) is 0 Å². The Hall–Kier alpha value is -0.400. The number of carbonyl (C=O) groups is 1. The van der Waals surface area contributed by atoms with Gasteiger partial charge in [0, 0.05) is 0 Å². The van der Waals surface area contributed by atoms with Gasteiger partial charge in [0.2, 0.25) is 0 Å². The quantitative estimate of drug-likeness (QED) is 0.330. The number of hydrogen-bond acceptors (Lipinski definition) is 5. The fraction of sp³-hybridized carbons (Fsp3) is 0. The second-order valence-corrected chi connectivity index (χ2v) is 3.67. The van der Waals surface area contributed by atoms with Crippen LogP contribution in [0.5, 0.6) is 5.75 Å². The van der Waals surface area contributed by atoms with Crippen LogP contribution in [0, 0.1) is 0 Å². The fourth-order valence-electron chi connectivity index (χ4n) is 0.783. The van der Waals surface area contributed by atoms with Gasteiger partial charge in [0.15, 0.2) is 6.29 Å². The van der Waals surface area contributed by atoms with Gasteiger partial charge in [-0.25, -0.2) is 8.42 Å². The molecule has 0 amide bonds. The molecule has 1 rings (SSSR count). The van der Waals surface area contributed by atoms with Gasteiger partial charge in [0.05, 0.1) is 10.5 Å². The van der Waals surface area contributed by atoms with Gasteiger partial charge in [-0.1, -0.05) is 0 Å². The molecule has 1 aromatic carbocycles. The number of hydrogen-bond donors (Lipinski definition) is 1. The first-order valence-electron chi connectivity index (χ1n) is 3.19. The van der Waals surface area contributed by atoms with Gasteiger partial charge in [-0.15, -0.1) is 0 Å². The molecule has 1 N–H and O–H groups in total. The van der Waals surface area contributed by atoms with Crippen molar-refractivity contribution in [3.8, 4) is 5.75 Å². The molecule has 0 aromatic heterocycles. The van der Waals surface area contributed by atoms with Gasteiger partial charge in [-0.3, -0.25) is 4.79 Å². The summed E-state index contributed by atoms with van der Waals surface area (Å²) in [6, 6.07) is 2.74. The van der Waals surface area contributed by atoms with E-state index in [2.05, 4.69) is 0 Å². The maximum atomic E-state index is 10.5. The predicted octanol–water partition coefficient (Wildman–Crippen LogP) is -2.89. The van der Waals surface area contributed by atoms with Crippen molar-refractivity contribution in [1.82, 2.24) is 0 Å². The van der Waals surface area contributed by atoms with Gasteiger partial charge in [0.1, 0.15) is 15.9 Å². The fourth-order valence-corrected chi connectivity index (χ4v) is 1.29. The molecule has 14 heavy (non-hydrogen) atoms. The Labute approximate surface area is 103 Å². The van der Waals surface area contributed by atoms with E-state index in [9.17, 15) is 17.8 Å². The monoisotopic (exact) mass is 224 g/mol. The summed E-state index contributed by atoms with van der Waals surface area (Å²) in [6.45, 7) is 0. The first-order chi connectivity index (χ1) is 5.95. The molecule has 0 bridgehead atoms. The first-order valence-corrected chi connectivity index (χ1v) is 4.60. The van der Waals surface area contributed by atoms with Crippen molar-refractivity contribution in [2.45, 2.75) is 4.90 Å². The van der Waals surface area contributed by atoms with Crippen LogP contribution in [-0.4, -0.2) is 24.4 Å². The molecule has 0 aliphatic carbocycles. The molecule has 0 aliphatic rings. The van der Waals surface area contributed by atoms with E-state index in [0.717, 1.165) is 18.2 Å². The molecule has 70 valence electrons. The molecule has 7 heteroatoms. The summed E-state index contributed by atoms with van der Waals surface area (Å²) in [5.74, 6) is -0.359. The van der Waals surface area contributed by atoms with Gasteiger partial charge >= 0.3 is 29.6 Å². The number of rotatable bonds is 2. The van der Waals surface area contributed by atoms with Crippen LogP contribution in [0.15, 0.2) is 23.1 Å². The minimum absolute atomic E-state index is 0. The van der Waals surface area contributed by atoms with Gasteiger partial charge in [-0.05, 0) is 18.2 Å². The molecule has 0 saturated heterocycles. The number of aromatic hydroxyl groups is 1. The molecule has 5 nitrogen and oxygen atoms in total. The van der Waals surface area contributed by atoms with Crippen LogP contribution in [0.25, 0.3) is 0 Å². The molecule has 0 aliphatic heterocycles. The van der Waals surface area contributed by atoms with E-state index in [1.807, 2.05) is 0 Å². The minimum atomic E-state index is -4.57. The summed E-state index contributed by atoms with van der Waals surface area (Å²) in [5.41, 5.74) is -0.225. The molecular formula is C7H5NaO5S. The average Bonchev–Trinajstić information content (AvgIpc) is 2.03. The van der Waals surface area contributed by atoms with Crippen molar-refractivity contribution in [3.63, 3.8) is 0 Å². The number of benzene rings is 1. The van der Waals surface area contributed by atoms with Crippen molar-refractivity contribution in [2.24, 2.45) is 0 Å². The molecule has 0 radical (unpaired) electrons. The summed E-state index contributed by atoms with van der Waals surface area (Å²) in [5, 5.41) is 8.97. The standard InChI is InChI=1S/C7H6O5S.Na/c8-4-5-3-6(13(10,11)12)1-2-7(5)9;/h1-4,9H,(H,10,11,12);/q;+1/p-1. The van der Waals surface area contributed by atoms with Crippen LogP contribution < -0.4 is 29.6 Å². The molecule has 0 atom stereocenters. The summed E-state index contributed by atoms with van der Waals surface area (Å²) < 4.78 is 31.4. The molecular weight excluding hydrogens is 219 g/mol. The van der Waals surface area contributed by atoms with Crippen molar-refractivity contribution in [3.05, 3.63) is 23.8 Å². The largest absolute Gasteiger partial charge is 1.00 e. The third-order valence-electron chi connectivity index (χ3n) is 1.41. The van der Waals surface area contributed by atoms with Crippen LogP contribution in [-0.2, 0) is 10.1 Å². The number of aldehydes is 1. The minimum Gasteiger partial charge on any atom is -0.744 e. The zero-order valence-corrected chi connectivity index (χ0v) is 10.1. The number of phenolic OH excluding ortho intramolecular Hbond substituents is 1. The smallest absolute Gasteiger partial charge is 0.744 e. The summed E-state index contributed by atoms with van der Waals surface area (Å²) in [7, 11) is -4.57. The summed E-state index contributed by atoms with van der Waals surface area (Å²) >= 11 is 0. The second kappa shape index (κ2) is 4.90. The summed E-state index contributed by atoms with van der Waals surface area (Å²) in [6.07, 6.45) is 0.268. The van der Waals surface area contributed by atoms with Crippen LogP contribution in [0.4, 0.5) is 0 Å². The molecule has 1 aromatic rings. The second-order valence-electron chi connectivity index (χ2n) is 2.29. The normalized spacial score (nSPS) is 10.4. The molecule has 0 heterocycles. The number of phenols is 1. The molecule has 0 saturated carbocycles. The predicted molar refractivity (Wildman–Crippen MR) is 41.5 cm³/mol. The Bertz CT molecular complexity index is 439. The molecule has 0 spiro atoms. The Morgan fingerprint density at radius 3 is 2.36 bits per heavy atom. The Kier molecular flexibility index (Phi) is 4.76. The van der Waals surface area contributed by atoms with Gasteiger partial charge in [-0.2, -0.15) is 0 Å². The maximum Gasteiger partial charge on any atom is 1.00 e. The van der Waals surface area contributed by atoms with E-state index in [1.54, 1.807) is 0 Å². The van der Waals surface area contributed by atoms with E-state index in [1.165, 1.54) is 0 Å². The van der Waals surface area contributed by atoms with Crippen molar-refractivity contribution >= 4 is 16.4 Å². The first kappa shape index (κ1) is 13.6. The summed E-state index contributed by atoms with van der Waals surface area (Å²) in [4.78, 5) is 9.71. The van der Waals surface area contributed by atoms with Crippen molar-refractivity contribution in [2.75, 3.05) is 0 Å². The Morgan fingerprint density at radius 1 is 1.36 bits per heavy atom. The zero-order chi connectivity index (χ0) is 10.1. The van der Waals surface area contributed by atoms with Crippen LogP contribution in [0.3, 0.4) is 0 Å². The van der Waals surface area contributed by atoms with Gasteiger partial charge < -0.3 is 9.66 Å². The van der Waals surface area contributed by atoms with Crippen LogP contribution >= 0.6 is 0 Å². The zero-order valence-electron chi connectivity index (χ0n) is 7.30. The van der Waals surface area contributed by atoms with E-state index in [0.29, 0.717) is 0 Å². The van der Waals surface area contributed by atoms with E-state index in [-0.39, 0.29) is 47.2 Å². The van der Waals surface area contributed by atoms with E-state index < -0.39 is 15.0 Å². The molecule has 0 unspecified atom stereocenters. The Balaban J connectivity index is 0.00000169. The SMILES string of the molecule is O=Cc1cc(S(=O)(=O)[O-])ccc1O.[Na+]. The Morgan fingerprint density at radius 2 is 1.93 bits per heavy atom. The van der Waals surface area contributed by atoms with E-state index in [4.69, 9.17) is 5.11 Å². The third kappa shape index (κ3) is 3.07. The van der Waals surface area contributed by atoms with Crippen LogP contribution in [0.2, 0.25) is 0 Å². The molecule has 0 fully saturated rings. The number of carbonyl (C=O) groups excluding carboxylic acids is 1. The van der Waals surface area contributed by atoms with Crippen molar-refractivity contribution < 1.29 is 52.4 Å². The van der Waals surface area contributed by atoms with Gasteiger partial charge in [0.25, 0.3) is 0 Å².